The van der Waals surface area contributed by atoms with E-state index in [0.29, 0.717) is 5.57 Å². The number of hydrogen-bond donors (Lipinski definition) is 1. The van der Waals surface area contributed by atoms with Crippen LogP contribution in [0.5, 0.6) is 5.75 Å². The molecule has 0 aliphatic rings. The summed E-state index contributed by atoms with van der Waals surface area (Å²) in [6.07, 6.45) is 5.35. The molecule has 0 spiro atoms. The first-order chi connectivity index (χ1) is 10.7. The fourth-order valence-corrected chi connectivity index (χ4v) is 2.51. The van der Waals surface area contributed by atoms with Gasteiger partial charge in [0.15, 0.2) is 0 Å². The van der Waals surface area contributed by atoms with Crippen molar-refractivity contribution in [3.05, 3.63) is 60.0 Å². The van der Waals surface area contributed by atoms with Gasteiger partial charge in [0.05, 0.1) is 12.7 Å². The number of methoxy groups -OCH3 is 1. The van der Waals surface area contributed by atoms with Gasteiger partial charge < -0.3 is 9.72 Å². The van der Waals surface area contributed by atoms with Crippen LogP contribution >= 0.6 is 0 Å². The molecule has 22 heavy (non-hydrogen) atoms. The number of aromatic amines is 1. The Balaban J connectivity index is 2.22. The number of nitrogens with one attached hydrogen (secondary N) is 1. The van der Waals surface area contributed by atoms with Crippen molar-refractivity contribution in [1.29, 1.82) is 5.26 Å². The predicted octanol–water partition coefficient (Wildman–Crippen LogP) is 4.03. The van der Waals surface area contributed by atoms with E-state index in [-0.39, 0.29) is 0 Å². The third-order valence-electron chi connectivity index (χ3n) is 3.74. The maximum absolute atomic E-state index is 9.64. The topological polar surface area (TPSA) is 61.7 Å². The minimum atomic E-state index is 0.632. The van der Waals surface area contributed by atoms with Crippen molar-refractivity contribution in [3.8, 4) is 11.8 Å². The van der Waals surface area contributed by atoms with Gasteiger partial charge in [-0.25, -0.2) is 0 Å². The highest BCUT2D eigenvalue weighted by atomic mass is 16.5. The molecule has 1 aromatic carbocycles. The van der Waals surface area contributed by atoms with Crippen molar-refractivity contribution >= 4 is 22.0 Å². The van der Waals surface area contributed by atoms with E-state index >= 15 is 0 Å². The third-order valence-corrected chi connectivity index (χ3v) is 3.74. The number of nitriles is 1. The van der Waals surface area contributed by atoms with Gasteiger partial charge in [-0.3, -0.25) is 4.98 Å². The Hall–Kier alpha value is -3.06. The Kier molecular flexibility index (Phi) is 3.63. The van der Waals surface area contributed by atoms with Gasteiger partial charge in [0.25, 0.3) is 0 Å². The monoisotopic (exact) mass is 289 g/mol. The summed E-state index contributed by atoms with van der Waals surface area (Å²) in [5.41, 5.74) is 4.32. The Morgan fingerprint density at radius 2 is 2.18 bits per heavy atom. The molecule has 2 aromatic heterocycles. The van der Waals surface area contributed by atoms with Gasteiger partial charge >= 0.3 is 0 Å². The lowest BCUT2D eigenvalue weighted by molar-refractivity contribution is 0.415. The summed E-state index contributed by atoms with van der Waals surface area (Å²) in [4.78, 5) is 7.33. The maximum Gasteiger partial charge on any atom is 0.119 e. The molecule has 0 aliphatic carbocycles. The molecule has 0 bridgehead atoms. The lowest BCUT2D eigenvalue weighted by atomic mass is 9.97. The molecule has 1 N–H and O–H groups in total. The van der Waals surface area contributed by atoms with Crippen molar-refractivity contribution in [2.75, 3.05) is 7.11 Å². The summed E-state index contributed by atoms with van der Waals surface area (Å²) >= 11 is 0. The molecule has 0 unspecified atom stereocenters. The van der Waals surface area contributed by atoms with Gasteiger partial charge in [-0.1, -0.05) is 6.07 Å². The molecule has 3 rings (SSSR count). The average Bonchev–Trinajstić information content (AvgIpc) is 2.99. The van der Waals surface area contributed by atoms with Gasteiger partial charge in [-0.05, 0) is 42.3 Å². The predicted molar refractivity (Wildman–Crippen MR) is 87.2 cm³/mol. The Morgan fingerprint density at radius 3 is 2.86 bits per heavy atom. The number of rotatable bonds is 3. The summed E-state index contributed by atoms with van der Waals surface area (Å²) in [5.74, 6) is 0.768. The van der Waals surface area contributed by atoms with Gasteiger partial charge in [0.2, 0.25) is 0 Å². The van der Waals surface area contributed by atoms with Crippen LogP contribution in [0.3, 0.4) is 0 Å². The van der Waals surface area contributed by atoms with E-state index < -0.39 is 0 Å². The van der Waals surface area contributed by atoms with Crippen LogP contribution in [0.4, 0.5) is 0 Å². The first-order valence-electron chi connectivity index (χ1n) is 6.91. The standard InChI is InChI=1S/C18H15N3O/c1-12(13-4-3-7-20-10-13)16(9-19)17-11-21-18-6-5-14(22-2)8-15(17)18/h3-8,10-11,21H,1-2H3/b16-12-. The second-order valence-corrected chi connectivity index (χ2v) is 4.97. The molecule has 0 amide bonds. The molecule has 4 nitrogen and oxygen atoms in total. The zero-order chi connectivity index (χ0) is 15.5. The molecule has 3 aromatic rings. The fraction of sp³-hybridized carbons (Fsp3) is 0.111. The second kappa shape index (κ2) is 5.74. The van der Waals surface area contributed by atoms with Crippen LogP contribution in [0.2, 0.25) is 0 Å². The fourth-order valence-electron chi connectivity index (χ4n) is 2.51. The van der Waals surface area contributed by atoms with E-state index in [1.807, 2.05) is 43.5 Å². The van der Waals surface area contributed by atoms with E-state index in [1.165, 1.54) is 0 Å². The quantitative estimate of drug-likeness (QED) is 0.740. The molecule has 2 heterocycles. The maximum atomic E-state index is 9.64. The van der Waals surface area contributed by atoms with Crippen LogP contribution < -0.4 is 4.74 Å². The molecule has 0 saturated heterocycles. The highest BCUT2D eigenvalue weighted by Crippen LogP contribution is 2.32. The van der Waals surface area contributed by atoms with E-state index in [1.54, 1.807) is 19.5 Å². The zero-order valence-electron chi connectivity index (χ0n) is 12.4. The first kappa shape index (κ1) is 13.9. The van der Waals surface area contributed by atoms with Crippen molar-refractivity contribution in [3.63, 3.8) is 0 Å². The van der Waals surface area contributed by atoms with E-state index in [9.17, 15) is 5.26 Å². The van der Waals surface area contributed by atoms with Gasteiger partial charge in [0, 0.05) is 35.1 Å². The Morgan fingerprint density at radius 1 is 1.32 bits per heavy atom. The largest absolute Gasteiger partial charge is 0.497 e. The van der Waals surface area contributed by atoms with Crippen molar-refractivity contribution in [1.82, 2.24) is 9.97 Å². The average molecular weight is 289 g/mol. The number of benzene rings is 1. The molecule has 0 radical (unpaired) electrons. The lowest BCUT2D eigenvalue weighted by Gasteiger charge is -2.06. The second-order valence-electron chi connectivity index (χ2n) is 4.97. The number of nitrogens with zero attached hydrogens (tertiary/aromatic N) is 2. The smallest absolute Gasteiger partial charge is 0.119 e. The third kappa shape index (κ3) is 2.33. The van der Waals surface area contributed by atoms with Crippen LogP contribution in [-0.2, 0) is 0 Å². The lowest BCUT2D eigenvalue weighted by Crippen LogP contribution is -1.88. The van der Waals surface area contributed by atoms with Crippen LogP contribution in [0.15, 0.2) is 48.9 Å². The Bertz CT molecular complexity index is 886. The number of fused-ring (bicyclic) bond motifs is 1. The highest BCUT2D eigenvalue weighted by Gasteiger charge is 2.13. The molecule has 0 saturated carbocycles. The highest BCUT2D eigenvalue weighted by molar-refractivity contribution is 6.05. The number of hydrogen-bond acceptors (Lipinski definition) is 3. The number of ether oxygens (including phenoxy) is 1. The summed E-state index contributed by atoms with van der Waals surface area (Å²) in [6.45, 7) is 1.94. The van der Waals surface area contributed by atoms with Crippen LogP contribution in [0.1, 0.15) is 18.1 Å². The van der Waals surface area contributed by atoms with Gasteiger partial charge in [-0.2, -0.15) is 5.26 Å². The van der Waals surface area contributed by atoms with Crippen molar-refractivity contribution < 1.29 is 4.74 Å². The molecule has 4 heteroatoms. The van der Waals surface area contributed by atoms with Crippen molar-refractivity contribution in [2.24, 2.45) is 0 Å². The zero-order valence-corrected chi connectivity index (χ0v) is 12.4. The normalized spacial score (nSPS) is 11.9. The Labute approximate surface area is 128 Å². The molecule has 108 valence electrons. The van der Waals surface area contributed by atoms with Crippen LogP contribution in [-0.4, -0.2) is 17.1 Å². The summed E-state index contributed by atoms with van der Waals surface area (Å²) in [6, 6.07) is 11.9. The number of allylic oxidation sites excluding steroid dienone is 2. The summed E-state index contributed by atoms with van der Waals surface area (Å²) in [7, 11) is 1.63. The number of pyridine rings is 1. The first-order valence-corrected chi connectivity index (χ1v) is 6.91. The van der Waals surface area contributed by atoms with E-state index in [0.717, 1.165) is 33.4 Å². The molecule has 0 aliphatic heterocycles. The molecule has 0 atom stereocenters. The van der Waals surface area contributed by atoms with E-state index in [4.69, 9.17) is 4.74 Å². The minimum Gasteiger partial charge on any atom is -0.497 e. The number of aromatic nitrogens is 2. The number of H-pyrrole nitrogens is 1. The molecular formula is C18H15N3O. The van der Waals surface area contributed by atoms with Gasteiger partial charge in [0.1, 0.15) is 11.8 Å². The molecular weight excluding hydrogens is 274 g/mol. The van der Waals surface area contributed by atoms with E-state index in [2.05, 4.69) is 16.0 Å². The summed E-state index contributed by atoms with van der Waals surface area (Å²) < 4.78 is 5.28. The van der Waals surface area contributed by atoms with Crippen molar-refractivity contribution in [2.45, 2.75) is 6.92 Å². The SMILES string of the molecule is COc1ccc2[nH]cc(/C(C#N)=C(/C)c3cccnc3)c2c1. The minimum absolute atomic E-state index is 0.632. The van der Waals surface area contributed by atoms with Crippen LogP contribution in [0, 0.1) is 11.3 Å². The molecule has 0 fully saturated rings. The van der Waals surface area contributed by atoms with Gasteiger partial charge in [-0.15, -0.1) is 0 Å². The van der Waals surface area contributed by atoms with Crippen LogP contribution in [0.25, 0.3) is 22.0 Å². The summed E-state index contributed by atoms with van der Waals surface area (Å²) in [5, 5.41) is 10.6.